The van der Waals surface area contributed by atoms with Crippen molar-refractivity contribution in [2.75, 3.05) is 0 Å². The van der Waals surface area contributed by atoms with E-state index >= 15 is 0 Å². The van der Waals surface area contributed by atoms with Crippen LogP contribution in [-0.4, -0.2) is 43.5 Å². The molecule has 0 aromatic heterocycles. The van der Waals surface area contributed by atoms with Crippen molar-refractivity contribution in [3.63, 3.8) is 0 Å². The third-order valence-corrected chi connectivity index (χ3v) is 0. The van der Waals surface area contributed by atoms with Gasteiger partial charge in [0.1, 0.15) is 0 Å². The fourth-order valence-electron chi connectivity index (χ4n) is 0. The molecule has 0 spiro atoms. The van der Waals surface area contributed by atoms with E-state index in [4.69, 9.17) is 32.1 Å². The zero-order chi connectivity index (χ0) is 9.00. The molecule has 0 aromatic carbocycles. The van der Waals surface area contributed by atoms with Crippen molar-refractivity contribution in [1.29, 1.82) is 0 Å². The Labute approximate surface area is 65.4 Å². The molecule has 0 aliphatic rings. The van der Waals surface area contributed by atoms with E-state index in [1.54, 1.807) is 0 Å². The summed E-state index contributed by atoms with van der Waals surface area (Å²) in [4.78, 5) is 0. The van der Waals surface area contributed by atoms with Gasteiger partial charge in [0.15, 0.2) is 0 Å². The summed E-state index contributed by atoms with van der Waals surface area (Å²) in [6.45, 7) is 0. The molecule has 0 unspecified atom stereocenters. The van der Waals surface area contributed by atoms with Gasteiger partial charge in [-0.1, -0.05) is 0 Å². The van der Waals surface area contributed by atoms with Gasteiger partial charge in [0, 0.05) is 0 Å². The number of rotatable bonds is 0. The second kappa shape index (κ2) is 5.66. The fraction of sp³-hybridized carbons (Fsp3) is 0. The topological polar surface area (TPSA) is 184 Å². The maximum atomic E-state index is 8.82. The number of hydrogen-bond donors (Lipinski definition) is 5. The molecule has 11 heavy (non-hydrogen) atoms. The molecule has 72 valence electrons. The second-order valence-electron chi connectivity index (χ2n) is 0.896. The molecule has 0 aliphatic carbocycles. The van der Waals surface area contributed by atoms with Crippen LogP contribution >= 0.6 is 0 Å². The molecule has 0 fully saturated rings. The molecule has 11 heteroatoms. The van der Waals surface area contributed by atoms with Crippen LogP contribution in [0.3, 0.4) is 0 Å². The van der Waals surface area contributed by atoms with Crippen LogP contribution in [0, 0.1) is 0 Å². The Morgan fingerprint density at radius 3 is 0.636 bits per heavy atom. The van der Waals surface area contributed by atoms with E-state index in [9.17, 15) is 0 Å². The monoisotopic (exact) mass is 309 g/mol. The average molecular weight is 307 g/mol. The van der Waals surface area contributed by atoms with Gasteiger partial charge in [-0.2, -0.15) is 0 Å². The first kappa shape index (κ1) is 17.2. The second-order valence-corrected chi connectivity index (χ2v) is 4.65. The minimum atomic E-state index is -5.25. The van der Waals surface area contributed by atoms with Gasteiger partial charge in [-0.25, -0.2) is 0 Å². The van der Waals surface area contributed by atoms with Crippen molar-refractivity contribution < 1.29 is 32.1 Å². The van der Waals surface area contributed by atoms with E-state index in [1.807, 2.05) is 0 Å². The molecule has 9 nitrogen and oxygen atoms in total. The predicted octanol–water partition coefficient (Wildman–Crippen LogP) is -3.30. The molecule has 0 amide bonds. The van der Waals surface area contributed by atoms with E-state index in [-0.39, 0.29) is 6.15 Å². The maximum absolute atomic E-state index is 8.82. The van der Waals surface area contributed by atoms with Gasteiger partial charge < -0.3 is 6.15 Å². The Morgan fingerprint density at radius 1 is 0.636 bits per heavy atom. The van der Waals surface area contributed by atoms with E-state index in [0.717, 1.165) is 0 Å². The van der Waals surface area contributed by atoms with Crippen LogP contribution in [-0.2, 0) is 15.3 Å². The molecule has 0 saturated carbocycles. The molecule has 0 aliphatic heterocycles. The van der Waals surface area contributed by atoms with Crippen molar-refractivity contribution in [2.45, 2.75) is 0 Å². The predicted molar refractivity (Wildman–Crippen MR) is 28.2 cm³/mol. The van der Waals surface area contributed by atoms with E-state index < -0.39 is 26.7 Å². The van der Waals surface area contributed by atoms with Crippen molar-refractivity contribution in [3.05, 3.63) is 0 Å². The average Bonchev–Trinajstić information content (AvgIpc) is 1.12. The minimum absolute atomic E-state index is 0. The van der Waals surface area contributed by atoms with Crippen molar-refractivity contribution >= 4 is 26.7 Å². The Bertz CT molecular complexity index is 208. The normalized spacial score (nSPS) is 10.5. The molecular formula is H7NO8Se2. The quantitative estimate of drug-likeness (QED) is 0.286. The molecule has 0 rings (SSSR count). The summed E-state index contributed by atoms with van der Waals surface area (Å²) in [5.74, 6) is 0. The van der Waals surface area contributed by atoms with Crippen LogP contribution < -0.4 is 6.15 Å². The van der Waals surface area contributed by atoms with Crippen molar-refractivity contribution in [1.82, 2.24) is 6.15 Å². The van der Waals surface area contributed by atoms with Gasteiger partial charge in [-0.15, -0.1) is 0 Å². The van der Waals surface area contributed by atoms with E-state index in [2.05, 4.69) is 0 Å². The van der Waals surface area contributed by atoms with Gasteiger partial charge in [-0.05, 0) is 0 Å². The van der Waals surface area contributed by atoms with Crippen LogP contribution in [0.15, 0.2) is 0 Å². The summed E-state index contributed by atoms with van der Waals surface area (Å²) in [6, 6.07) is 0. The van der Waals surface area contributed by atoms with Gasteiger partial charge in [0.25, 0.3) is 0 Å². The van der Waals surface area contributed by atoms with Gasteiger partial charge in [0.05, 0.1) is 0 Å². The van der Waals surface area contributed by atoms with Crippen LogP contribution in [0.1, 0.15) is 0 Å². The molecular weight excluding hydrogens is 300 g/mol. The zero-order valence-corrected chi connectivity index (χ0v) is 8.37. The molecule has 0 radical (unpaired) electrons. The summed E-state index contributed by atoms with van der Waals surface area (Å²) in [6.07, 6.45) is 0. The van der Waals surface area contributed by atoms with E-state index in [1.165, 1.54) is 0 Å². The Kier molecular flexibility index (Phi) is 8.86. The summed E-state index contributed by atoms with van der Waals surface area (Å²) < 4.78 is 63.8. The molecule has 0 heterocycles. The third-order valence-electron chi connectivity index (χ3n) is 0. The van der Waals surface area contributed by atoms with Gasteiger partial charge >= 0.3 is 58.8 Å². The standard InChI is InChI=1S/H3N.2H2O4Se/c;2*1-5(2,3)4/h1H3;2*(H2,1,2,3,4). The summed E-state index contributed by atoms with van der Waals surface area (Å²) in [5, 5.41) is 0. The van der Waals surface area contributed by atoms with Crippen LogP contribution in [0.5, 0.6) is 0 Å². The SMILES string of the molecule is N.O=[Se](=O)(O)O.O=[Se](=O)(O)O. The Balaban J connectivity index is -0.000000107. The molecule has 7 N–H and O–H groups in total. The number of hydrogen-bond acceptors (Lipinski definition) is 5. The zero-order valence-electron chi connectivity index (χ0n) is 4.95. The van der Waals surface area contributed by atoms with Crippen LogP contribution in [0.2, 0.25) is 0 Å². The first-order chi connectivity index (χ1) is 4.00. The van der Waals surface area contributed by atoms with Crippen LogP contribution in [0.4, 0.5) is 0 Å². The Hall–Kier alpha value is 0.0390. The fourth-order valence-corrected chi connectivity index (χ4v) is 0. The Morgan fingerprint density at radius 2 is 0.636 bits per heavy atom. The summed E-state index contributed by atoms with van der Waals surface area (Å²) >= 11 is -10.5. The summed E-state index contributed by atoms with van der Waals surface area (Å²) in [7, 11) is 0. The van der Waals surface area contributed by atoms with E-state index in [0.29, 0.717) is 0 Å². The summed E-state index contributed by atoms with van der Waals surface area (Å²) in [5.41, 5.74) is 0. The first-order valence-corrected chi connectivity index (χ1v) is 7.26. The molecule has 0 saturated heterocycles. The first-order valence-electron chi connectivity index (χ1n) is 1.40. The van der Waals surface area contributed by atoms with Crippen molar-refractivity contribution in [2.24, 2.45) is 0 Å². The molecule has 0 atom stereocenters. The van der Waals surface area contributed by atoms with Gasteiger partial charge in [-0.3, -0.25) is 0 Å². The molecule has 0 aromatic rings. The van der Waals surface area contributed by atoms with Crippen molar-refractivity contribution in [3.8, 4) is 0 Å². The third kappa shape index (κ3) is 427000. The van der Waals surface area contributed by atoms with Crippen LogP contribution in [0.25, 0.3) is 0 Å². The molecule has 0 bridgehead atoms. The van der Waals surface area contributed by atoms with Gasteiger partial charge in [0.2, 0.25) is 0 Å².